The van der Waals surface area contributed by atoms with Crippen molar-refractivity contribution in [1.29, 1.82) is 0 Å². The third kappa shape index (κ3) is 7.99. The summed E-state index contributed by atoms with van der Waals surface area (Å²) in [6, 6.07) is 5.19. The highest BCUT2D eigenvalue weighted by Crippen LogP contribution is 2.41. The van der Waals surface area contributed by atoms with E-state index in [9.17, 15) is 17.6 Å². The molecule has 0 unspecified atom stereocenters. The topological polar surface area (TPSA) is 0 Å². The van der Waals surface area contributed by atoms with Crippen LogP contribution in [0.3, 0.4) is 0 Å². The zero-order valence-corrected chi connectivity index (χ0v) is 23.6. The minimum Gasteiger partial charge on any atom is -0.207 e. The van der Waals surface area contributed by atoms with Crippen molar-refractivity contribution >= 4 is 11.6 Å². The largest absolute Gasteiger partial charge is 0.207 e. The number of halogens is 5. The van der Waals surface area contributed by atoms with Crippen LogP contribution in [0.15, 0.2) is 24.3 Å². The Morgan fingerprint density at radius 2 is 1.13 bits per heavy atom. The first-order chi connectivity index (χ1) is 18.3. The first-order valence-corrected chi connectivity index (χ1v) is 15.3. The van der Waals surface area contributed by atoms with Crippen LogP contribution in [0, 0.1) is 41.0 Å². The molecular weight excluding hydrogens is 508 g/mol. The number of aryl methyl sites for hydroxylation is 1. The smallest absolute Gasteiger partial charge is 0.145 e. The van der Waals surface area contributed by atoms with Crippen molar-refractivity contribution in [3.8, 4) is 0 Å². The Morgan fingerprint density at radius 3 is 1.66 bits per heavy atom. The maximum Gasteiger partial charge on any atom is 0.145 e. The SMILES string of the molecule is CCCCC[C@H]1CC[C@H](CCC2CCC(c3cc(F)c(CCc4cc(F)c(Cl)c(F)c4)c(F)c3)CC2)CC1. The van der Waals surface area contributed by atoms with Gasteiger partial charge >= 0.3 is 0 Å². The van der Waals surface area contributed by atoms with Crippen LogP contribution in [-0.4, -0.2) is 0 Å². The molecule has 4 rings (SSSR count). The fraction of sp³-hybridized carbons (Fsp3) is 0.636. The quantitative estimate of drug-likeness (QED) is 0.148. The predicted octanol–water partition coefficient (Wildman–Crippen LogP) is 11.1. The lowest BCUT2D eigenvalue weighted by Gasteiger charge is -2.32. The molecule has 0 amide bonds. The summed E-state index contributed by atoms with van der Waals surface area (Å²) in [5, 5.41) is -0.564. The van der Waals surface area contributed by atoms with E-state index >= 15 is 0 Å². The summed E-state index contributed by atoms with van der Waals surface area (Å²) in [6.07, 6.45) is 18.2. The van der Waals surface area contributed by atoms with E-state index in [1.54, 1.807) is 0 Å². The van der Waals surface area contributed by atoms with E-state index < -0.39 is 28.3 Å². The summed E-state index contributed by atoms with van der Waals surface area (Å²) in [5.41, 5.74) is 1.04. The van der Waals surface area contributed by atoms with Crippen molar-refractivity contribution in [3.63, 3.8) is 0 Å². The molecule has 0 bridgehead atoms. The molecule has 2 saturated carbocycles. The normalized spacial score (nSPS) is 24.1. The van der Waals surface area contributed by atoms with Crippen LogP contribution < -0.4 is 0 Å². The van der Waals surface area contributed by atoms with Crippen LogP contribution in [0.5, 0.6) is 0 Å². The molecule has 0 heterocycles. The molecule has 210 valence electrons. The van der Waals surface area contributed by atoms with E-state index in [-0.39, 0.29) is 24.3 Å². The Morgan fingerprint density at radius 1 is 0.632 bits per heavy atom. The third-order valence-electron chi connectivity index (χ3n) is 9.35. The highest BCUT2D eigenvalue weighted by atomic mass is 35.5. The standard InChI is InChI=1S/C33H43ClF4/c1-2-3-4-5-22-6-8-23(9-7-22)10-11-24-12-15-26(16-13-24)27-20-29(35)28(30(36)21-27)17-14-25-18-31(37)33(34)32(38)19-25/h18-24,26H,2-17H2,1H3/t22-,23-,24?,26?. The number of benzene rings is 2. The van der Waals surface area contributed by atoms with Gasteiger partial charge in [-0.15, -0.1) is 0 Å². The monoisotopic (exact) mass is 550 g/mol. The minimum atomic E-state index is -0.862. The molecule has 0 spiro atoms. The second kappa shape index (κ2) is 14.2. The van der Waals surface area contributed by atoms with Gasteiger partial charge in [0.2, 0.25) is 0 Å². The Hall–Kier alpha value is -1.55. The van der Waals surface area contributed by atoms with Crippen LogP contribution in [-0.2, 0) is 12.8 Å². The van der Waals surface area contributed by atoms with E-state index in [2.05, 4.69) is 6.92 Å². The molecule has 0 nitrogen and oxygen atoms in total. The fourth-order valence-electron chi connectivity index (χ4n) is 6.87. The van der Waals surface area contributed by atoms with E-state index in [0.29, 0.717) is 5.56 Å². The third-order valence-corrected chi connectivity index (χ3v) is 9.72. The van der Waals surface area contributed by atoms with E-state index in [4.69, 9.17) is 11.6 Å². The van der Waals surface area contributed by atoms with Gasteiger partial charge in [0.25, 0.3) is 0 Å². The molecule has 0 N–H and O–H groups in total. The van der Waals surface area contributed by atoms with Crippen LogP contribution in [0.4, 0.5) is 17.6 Å². The summed E-state index contributed by atoms with van der Waals surface area (Å²) in [7, 11) is 0. The minimum absolute atomic E-state index is 0.0294. The Kier molecular flexibility index (Phi) is 11.0. The van der Waals surface area contributed by atoms with Gasteiger partial charge in [-0.1, -0.05) is 82.7 Å². The molecule has 38 heavy (non-hydrogen) atoms. The zero-order valence-electron chi connectivity index (χ0n) is 22.8. The second-order valence-electron chi connectivity index (χ2n) is 12.0. The van der Waals surface area contributed by atoms with Crippen molar-refractivity contribution < 1.29 is 17.6 Å². The summed E-state index contributed by atoms with van der Waals surface area (Å²) in [5.74, 6) is -0.0669. The number of unbranched alkanes of at least 4 members (excludes halogenated alkanes) is 2. The molecule has 5 heteroatoms. The van der Waals surface area contributed by atoms with Gasteiger partial charge in [0.1, 0.15) is 28.3 Å². The molecule has 0 aliphatic heterocycles. The maximum atomic E-state index is 14.9. The maximum absolute atomic E-state index is 14.9. The van der Waals surface area contributed by atoms with Crippen molar-refractivity contribution in [2.75, 3.05) is 0 Å². The Bertz CT molecular complexity index is 989. The summed E-state index contributed by atoms with van der Waals surface area (Å²) < 4.78 is 57.2. The summed E-state index contributed by atoms with van der Waals surface area (Å²) in [4.78, 5) is 0. The fourth-order valence-corrected chi connectivity index (χ4v) is 6.98. The number of hydrogen-bond donors (Lipinski definition) is 0. The average Bonchev–Trinajstić information content (AvgIpc) is 2.91. The van der Waals surface area contributed by atoms with E-state index in [1.807, 2.05) is 0 Å². The summed E-state index contributed by atoms with van der Waals surface area (Å²) >= 11 is 5.52. The molecule has 2 aromatic rings. The zero-order chi connectivity index (χ0) is 27.1. The van der Waals surface area contributed by atoms with Gasteiger partial charge in [-0.05, 0) is 97.6 Å². The summed E-state index contributed by atoms with van der Waals surface area (Å²) in [6.45, 7) is 2.28. The lowest BCUT2D eigenvalue weighted by atomic mass is 9.74. The van der Waals surface area contributed by atoms with Crippen LogP contribution >= 0.6 is 11.6 Å². The second-order valence-corrected chi connectivity index (χ2v) is 12.4. The molecule has 2 aromatic carbocycles. The lowest BCUT2D eigenvalue weighted by Crippen LogP contribution is -2.18. The number of hydrogen-bond acceptors (Lipinski definition) is 0. The van der Waals surface area contributed by atoms with Gasteiger partial charge in [0.05, 0.1) is 0 Å². The van der Waals surface area contributed by atoms with E-state index in [1.165, 1.54) is 76.3 Å². The first kappa shape index (κ1) is 29.4. The molecule has 0 atom stereocenters. The van der Waals surface area contributed by atoms with Gasteiger partial charge in [0, 0.05) is 5.56 Å². The van der Waals surface area contributed by atoms with E-state index in [0.717, 1.165) is 61.1 Å². The molecule has 2 fully saturated rings. The molecule has 0 saturated heterocycles. The Balaban J connectivity index is 1.22. The van der Waals surface area contributed by atoms with Crippen LogP contribution in [0.2, 0.25) is 5.02 Å². The predicted molar refractivity (Wildman–Crippen MR) is 149 cm³/mol. The molecule has 0 radical (unpaired) electrons. The van der Waals surface area contributed by atoms with Gasteiger partial charge in [-0.3, -0.25) is 0 Å². The molecular formula is C33H43ClF4. The highest BCUT2D eigenvalue weighted by Gasteiger charge is 2.26. The van der Waals surface area contributed by atoms with Gasteiger partial charge in [-0.2, -0.15) is 0 Å². The average molecular weight is 551 g/mol. The van der Waals surface area contributed by atoms with Crippen molar-refractivity contribution in [1.82, 2.24) is 0 Å². The number of rotatable bonds is 11. The molecule has 0 aromatic heterocycles. The van der Waals surface area contributed by atoms with Crippen molar-refractivity contribution in [3.05, 3.63) is 69.2 Å². The highest BCUT2D eigenvalue weighted by molar-refractivity contribution is 6.30. The lowest BCUT2D eigenvalue weighted by molar-refractivity contribution is 0.222. The van der Waals surface area contributed by atoms with Crippen LogP contribution in [0.1, 0.15) is 119 Å². The van der Waals surface area contributed by atoms with Gasteiger partial charge in [-0.25, -0.2) is 17.6 Å². The Labute approximate surface area is 231 Å². The molecule has 2 aliphatic carbocycles. The van der Waals surface area contributed by atoms with Gasteiger partial charge in [0.15, 0.2) is 0 Å². The van der Waals surface area contributed by atoms with Crippen molar-refractivity contribution in [2.45, 2.75) is 116 Å². The van der Waals surface area contributed by atoms with Crippen LogP contribution in [0.25, 0.3) is 0 Å². The van der Waals surface area contributed by atoms with Gasteiger partial charge < -0.3 is 0 Å². The molecule has 2 aliphatic rings. The first-order valence-electron chi connectivity index (χ1n) is 14.9. The van der Waals surface area contributed by atoms with Crippen molar-refractivity contribution in [2.24, 2.45) is 17.8 Å².